The molecule has 0 spiro atoms. The summed E-state index contributed by atoms with van der Waals surface area (Å²) in [5.41, 5.74) is 0.222. The molecule has 1 aliphatic carbocycles. The van der Waals surface area contributed by atoms with Gasteiger partial charge in [0.05, 0.1) is 0 Å². The monoisotopic (exact) mass is 169 g/mol. The Hall–Kier alpha value is -1.06. The van der Waals surface area contributed by atoms with Gasteiger partial charge in [0.2, 0.25) is 0 Å². The van der Waals surface area contributed by atoms with Crippen LogP contribution >= 0.6 is 0 Å². The molecule has 1 aliphatic heterocycles. The number of nitrogens with zero attached hydrogens (tertiary/aromatic N) is 1. The SMILES string of the molecule is O=C1O[C@H]2CCCC[C@H]2/C1=N/O. The first-order valence-corrected chi connectivity index (χ1v) is 4.26. The van der Waals surface area contributed by atoms with E-state index in [4.69, 9.17) is 9.94 Å². The number of rotatable bonds is 0. The van der Waals surface area contributed by atoms with E-state index in [1.807, 2.05) is 0 Å². The van der Waals surface area contributed by atoms with Crippen LogP contribution in [0, 0.1) is 5.92 Å². The van der Waals surface area contributed by atoms with Gasteiger partial charge in [0.25, 0.3) is 0 Å². The number of hydrogen-bond acceptors (Lipinski definition) is 4. The smallest absolute Gasteiger partial charge is 0.356 e. The van der Waals surface area contributed by atoms with Gasteiger partial charge in [0.15, 0.2) is 5.71 Å². The Morgan fingerprint density at radius 2 is 2.17 bits per heavy atom. The standard InChI is InChI=1S/C8H11NO3/c10-8-7(9-11)5-3-1-2-4-6(5)12-8/h5-6,11H,1-4H2/b9-7-/t5-,6+/m1/s1. The molecule has 0 aromatic rings. The van der Waals surface area contributed by atoms with Crippen molar-refractivity contribution in [3.05, 3.63) is 0 Å². The molecule has 0 bridgehead atoms. The number of oxime groups is 1. The lowest BCUT2D eigenvalue weighted by Gasteiger charge is -2.21. The third-order valence-corrected chi connectivity index (χ3v) is 2.63. The quantitative estimate of drug-likeness (QED) is 0.333. The summed E-state index contributed by atoms with van der Waals surface area (Å²) in [6.45, 7) is 0. The first kappa shape index (κ1) is 7.58. The predicted molar refractivity (Wildman–Crippen MR) is 41.1 cm³/mol. The molecule has 1 saturated heterocycles. The summed E-state index contributed by atoms with van der Waals surface area (Å²) in [5.74, 6) is -0.384. The van der Waals surface area contributed by atoms with E-state index < -0.39 is 5.97 Å². The molecule has 2 rings (SSSR count). The van der Waals surface area contributed by atoms with Crippen molar-refractivity contribution < 1.29 is 14.7 Å². The van der Waals surface area contributed by atoms with Gasteiger partial charge in [-0.05, 0) is 19.3 Å². The summed E-state index contributed by atoms with van der Waals surface area (Å²) in [5, 5.41) is 11.6. The third-order valence-electron chi connectivity index (χ3n) is 2.63. The molecule has 0 unspecified atom stereocenters. The highest BCUT2D eigenvalue weighted by Crippen LogP contribution is 2.33. The molecule has 1 N–H and O–H groups in total. The minimum Gasteiger partial charge on any atom is -0.457 e. The highest BCUT2D eigenvalue weighted by molar-refractivity contribution is 6.38. The van der Waals surface area contributed by atoms with Crippen LogP contribution in [-0.4, -0.2) is 23.0 Å². The predicted octanol–water partition coefficient (Wildman–Crippen LogP) is 0.932. The minimum absolute atomic E-state index is 0.0165. The van der Waals surface area contributed by atoms with Crippen molar-refractivity contribution >= 4 is 11.7 Å². The summed E-state index contributed by atoms with van der Waals surface area (Å²) < 4.78 is 5.04. The van der Waals surface area contributed by atoms with Gasteiger partial charge in [-0.3, -0.25) is 0 Å². The van der Waals surface area contributed by atoms with E-state index in [1.165, 1.54) is 0 Å². The maximum Gasteiger partial charge on any atom is 0.356 e. The van der Waals surface area contributed by atoms with E-state index in [0.29, 0.717) is 0 Å². The van der Waals surface area contributed by atoms with Gasteiger partial charge < -0.3 is 9.94 Å². The molecule has 12 heavy (non-hydrogen) atoms. The van der Waals surface area contributed by atoms with Crippen molar-refractivity contribution in [3.8, 4) is 0 Å². The molecule has 0 amide bonds. The van der Waals surface area contributed by atoms with Crippen LogP contribution in [0.3, 0.4) is 0 Å². The van der Waals surface area contributed by atoms with Crippen LogP contribution in [0.25, 0.3) is 0 Å². The Bertz CT molecular complexity index is 236. The molecule has 4 heteroatoms. The lowest BCUT2D eigenvalue weighted by atomic mass is 9.85. The van der Waals surface area contributed by atoms with Crippen LogP contribution in [0.2, 0.25) is 0 Å². The topological polar surface area (TPSA) is 58.9 Å². The van der Waals surface area contributed by atoms with Crippen LogP contribution in [0.15, 0.2) is 5.16 Å². The van der Waals surface area contributed by atoms with Crippen LogP contribution in [-0.2, 0) is 9.53 Å². The molecule has 2 aliphatic rings. The Morgan fingerprint density at radius 1 is 1.42 bits per heavy atom. The molecule has 0 aromatic carbocycles. The largest absolute Gasteiger partial charge is 0.457 e. The van der Waals surface area contributed by atoms with E-state index >= 15 is 0 Å². The van der Waals surface area contributed by atoms with Crippen molar-refractivity contribution in [1.82, 2.24) is 0 Å². The van der Waals surface area contributed by atoms with Crippen LogP contribution in [0.5, 0.6) is 0 Å². The molecule has 66 valence electrons. The number of carbonyl (C=O) groups excluding carboxylic acids is 1. The van der Waals surface area contributed by atoms with Crippen LogP contribution in [0.4, 0.5) is 0 Å². The molecule has 0 radical (unpaired) electrons. The maximum absolute atomic E-state index is 11.1. The molecular weight excluding hydrogens is 158 g/mol. The fourth-order valence-corrected chi connectivity index (χ4v) is 2.01. The second-order valence-corrected chi connectivity index (χ2v) is 3.32. The lowest BCUT2D eigenvalue weighted by Crippen LogP contribution is -2.24. The molecular formula is C8H11NO3. The van der Waals surface area contributed by atoms with E-state index in [9.17, 15) is 4.79 Å². The molecule has 2 fully saturated rings. The van der Waals surface area contributed by atoms with Crippen molar-refractivity contribution in [2.24, 2.45) is 11.1 Å². The summed E-state index contributed by atoms with van der Waals surface area (Å²) in [6, 6.07) is 0. The number of hydrogen-bond donors (Lipinski definition) is 1. The Kier molecular flexibility index (Phi) is 1.75. The second kappa shape index (κ2) is 2.77. The molecule has 0 aromatic heterocycles. The number of fused-ring (bicyclic) bond motifs is 1. The van der Waals surface area contributed by atoms with Crippen molar-refractivity contribution in [1.29, 1.82) is 0 Å². The zero-order chi connectivity index (χ0) is 8.55. The number of ether oxygens (including phenoxy) is 1. The fourth-order valence-electron chi connectivity index (χ4n) is 2.01. The summed E-state index contributed by atoms with van der Waals surface area (Å²) in [6.07, 6.45) is 4.01. The highest BCUT2D eigenvalue weighted by atomic mass is 16.6. The normalized spacial score (nSPS) is 38.0. The van der Waals surface area contributed by atoms with Crippen molar-refractivity contribution in [2.75, 3.05) is 0 Å². The van der Waals surface area contributed by atoms with Crippen LogP contribution < -0.4 is 0 Å². The third kappa shape index (κ3) is 0.983. The molecule has 1 saturated carbocycles. The van der Waals surface area contributed by atoms with E-state index in [-0.39, 0.29) is 17.7 Å². The summed E-state index contributed by atoms with van der Waals surface area (Å²) >= 11 is 0. The molecule has 1 heterocycles. The van der Waals surface area contributed by atoms with Gasteiger partial charge in [-0.25, -0.2) is 4.79 Å². The highest BCUT2D eigenvalue weighted by Gasteiger charge is 2.42. The maximum atomic E-state index is 11.1. The van der Waals surface area contributed by atoms with Gasteiger partial charge in [-0.2, -0.15) is 0 Å². The van der Waals surface area contributed by atoms with Crippen molar-refractivity contribution in [3.63, 3.8) is 0 Å². The Balaban J connectivity index is 2.21. The zero-order valence-electron chi connectivity index (χ0n) is 6.69. The van der Waals surface area contributed by atoms with E-state index in [0.717, 1.165) is 25.7 Å². The zero-order valence-corrected chi connectivity index (χ0v) is 6.69. The van der Waals surface area contributed by atoms with Crippen LogP contribution in [0.1, 0.15) is 25.7 Å². The summed E-state index contributed by atoms with van der Waals surface area (Å²) in [4.78, 5) is 11.1. The average Bonchev–Trinajstić information content (AvgIpc) is 2.40. The molecule has 2 atom stereocenters. The van der Waals surface area contributed by atoms with Gasteiger partial charge >= 0.3 is 5.97 Å². The van der Waals surface area contributed by atoms with Crippen molar-refractivity contribution in [2.45, 2.75) is 31.8 Å². The number of esters is 1. The second-order valence-electron chi connectivity index (χ2n) is 3.32. The van der Waals surface area contributed by atoms with Gasteiger partial charge in [0, 0.05) is 5.92 Å². The molecule has 4 nitrogen and oxygen atoms in total. The number of carbonyl (C=O) groups is 1. The lowest BCUT2D eigenvalue weighted by molar-refractivity contribution is -0.138. The van der Waals surface area contributed by atoms with E-state index in [2.05, 4.69) is 5.16 Å². The summed E-state index contributed by atoms with van der Waals surface area (Å²) in [7, 11) is 0. The fraction of sp³-hybridized carbons (Fsp3) is 0.750. The Morgan fingerprint density at radius 3 is 2.92 bits per heavy atom. The van der Waals surface area contributed by atoms with Gasteiger partial charge in [0.1, 0.15) is 6.10 Å². The average molecular weight is 169 g/mol. The minimum atomic E-state index is -0.436. The first-order chi connectivity index (χ1) is 5.83. The van der Waals surface area contributed by atoms with Gasteiger partial charge in [-0.15, -0.1) is 0 Å². The van der Waals surface area contributed by atoms with E-state index in [1.54, 1.807) is 0 Å². The first-order valence-electron chi connectivity index (χ1n) is 4.26. The Labute approximate surface area is 70.2 Å². The van der Waals surface area contributed by atoms with Gasteiger partial charge in [-0.1, -0.05) is 11.6 Å².